The second-order valence-corrected chi connectivity index (χ2v) is 8.52. The summed E-state index contributed by atoms with van der Waals surface area (Å²) in [5.41, 5.74) is 1.02. The van der Waals surface area contributed by atoms with Gasteiger partial charge in [0, 0.05) is 5.02 Å². The van der Waals surface area contributed by atoms with E-state index in [1.54, 1.807) is 42.8 Å². The van der Waals surface area contributed by atoms with Crippen molar-refractivity contribution in [1.29, 1.82) is 0 Å². The van der Waals surface area contributed by atoms with Gasteiger partial charge in [0.15, 0.2) is 0 Å². The lowest BCUT2D eigenvalue weighted by Gasteiger charge is -2.11. The van der Waals surface area contributed by atoms with Crippen molar-refractivity contribution in [2.24, 2.45) is 0 Å². The van der Waals surface area contributed by atoms with Gasteiger partial charge in [-0.05, 0) is 35.2 Å². The van der Waals surface area contributed by atoms with Crippen molar-refractivity contribution < 1.29 is 9.26 Å². The topological polar surface area (TPSA) is 92.2 Å². The van der Waals surface area contributed by atoms with Crippen LogP contribution >= 0.6 is 22.9 Å². The molecule has 8 nitrogen and oxygen atoms in total. The smallest absolute Gasteiger partial charge is 0.332 e. The lowest BCUT2D eigenvalue weighted by atomic mass is 10.2. The van der Waals surface area contributed by atoms with Gasteiger partial charge in [-0.1, -0.05) is 47.1 Å². The quantitative estimate of drug-likeness (QED) is 0.364. The van der Waals surface area contributed by atoms with Crippen LogP contribution in [0.5, 0.6) is 5.75 Å². The predicted octanol–water partition coefficient (Wildman–Crippen LogP) is 4.03. The molecule has 2 aromatic carbocycles. The number of benzene rings is 2. The molecule has 0 unspecified atom stereocenters. The van der Waals surface area contributed by atoms with Crippen LogP contribution in [-0.4, -0.2) is 26.4 Å². The van der Waals surface area contributed by atoms with Gasteiger partial charge in [-0.3, -0.25) is 13.9 Å². The molecule has 0 amide bonds. The number of hydrogen-bond acceptors (Lipinski definition) is 7. The Hall–Kier alpha value is -3.69. The molecule has 0 fully saturated rings. The number of aromatic nitrogens is 4. The lowest BCUT2D eigenvalue weighted by molar-refractivity contribution is 0.369. The van der Waals surface area contributed by atoms with Crippen LogP contribution in [0, 0.1) is 0 Å². The number of ether oxygens (including phenoxy) is 1. The van der Waals surface area contributed by atoms with Gasteiger partial charge >= 0.3 is 5.69 Å². The van der Waals surface area contributed by atoms with Crippen molar-refractivity contribution in [2.45, 2.75) is 13.1 Å². The number of nitrogens with zero attached hydrogens (tertiary/aromatic N) is 4. The summed E-state index contributed by atoms with van der Waals surface area (Å²) in [7, 11) is 1.56. The van der Waals surface area contributed by atoms with Crippen molar-refractivity contribution >= 4 is 33.2 Å². The van der Waals surface area contributed by atoms with E-state index in [1.807, 2.05) is 24.3 Å². The highest BCUT2D eigenvalue weighted by Crippen LogP contribution is 2.27. The van der Waals surface area contributed by atoms with Gasteiger partial charge in [-0.15, -0.1) is 11.3 Å². The fourth-order valence-corrected chi connectivity index (χ4v) is 4.65. The van der Waals surface area contributed by atoms with E-state index in [-0.39, 0.29) is 24.5 Å². The average molecular weight is 481 g/mol. The fourth-order valence-electron chi connectivity index (χ4n) is 3.62. The number of thiophene rings is 1. The summed E-state index contributed by atoms with van der Waals surface area (Å²) in [5, 5.41) is 6.30. The summed E-state index contributed by atoms with van der Waals surface area (Å²) in [6, 6.07) is 16.2. The Bertz CT molecular complexity index is 1580. The molecule has 166 valence electrons. The van der Waals surface area contributed by atoms with Crippen molar-refractivity contribution in [3.05, 3.63) is 97.3 Å². The molecule has 5 rings (SSSR count). The van der Waals surface area contributed by atoms with E-state index in [9.17, 15) is 9.59 Å². The normalized spacial score (nSPS) is 11.2. The maximum Gasteiger partial charge on any atom is 0.332 e. The minimum atomic E-state index is -0.483. The first-order valence-electron chi connectivity index (χ1n) is 9.97. The molecule has 0 bridgehead atoms. The Morgan fingerprint density at radius 3 is 2.64 bits per heavy atom. The van der Waals surface area contributed by atoms with Crippen LogP contribution in [0.25, 0.3) is 21.6 Å². The maximum absolute atomic E-state index is 13.4. The molecule has 0 aliphatic carbocycles. The van der Waals surface area contributed by atoms with Crippen molar-refractivity contribution in [2.75, 3.05) is 7.11 Å². The van der Waals surface area contributed by atoms with E-state index < -0.39 is 5.69 Å². The number of methoxy groups -OCH3 is 1. The Kier molecular flexibility index (Phi) is 5.57. The van der Waals surface area contributed by atoms with Crippen molar-refractivity contribution in [3.8, 4) is 17.1 Å². The molecule has 10 heteroatoms. The van der Waals surface area contributed by atoms with Crippen LogP contribution < -0.4 is 16.0 Å². The Morgan fingerprint density at radius 2 is 1.82 bits per heavy atom. The van der Waals surface area contributed by atoms with Gasteiger partial charge in [-0.25, -0.2) is 4.79 Å². The standard InChI is InChI=1S/C23H17ClN4O4S/c1-31-18-9-5-3-7-15(18)21-25-19(32-26-21)13-27-17-10-11-33-20(17)22(29)28(23(27)30)12-14-6-2-4-8-16(14)24/h2-11H,12-13H2,1H3. The zero-order valence-corrected chi connectivity index (χ0v) is 19.0. The minimum absolute atomic E-state index is 0.0109. The van der Waals surface area contributed by atoms with Crippen LogP contribution in [0.15, 0.2) is 74.1 Å². The maximum atomic E-state index is 13.4. The summed E-state index contributed by atoms with van der Waals surface area (Å²) >= 11 is 7.54. The summed E-state index contributed by atoms with van der Waals surface area (Å²) in [5.74, 6) is 1.19. The molecular formula is C23H17ClN4O4S. The number of para-hydroxylation sites is 1. The van der Waals surface area contributed by atoms with Gasteiger partial charge in [0.1, 0.15) is 17.0 Å². The van der Waals surface area contributed by atoms with Crippen molar-refractivity contribution in [1.82, 2.24) is 19.3 Å². The molecule has 0 aliphatic heterocycles. The van der Waals surface area contributed by atoms with E-state index in [1.165, 1.54) is 20.5 Å². The molecule has 0 spiro atoms. The molecule has 33 heavy (non-hydrogen) atoms. The Morgan fingerprint density at radius 1 is 1.03 bits per heavy atom. The van der Waals surface area contributed by atoms with Gasteiger partial charge in [-0.2, -0.15) is 4.98 Å². The minimum Gasteiger partial charge on any atom is -0.496 e. The largest absolute Gasteiger partial charge is 0.496 e. The summed E-state index contributed by atoms with van der Waals surface area (Å²) in [4.78, 5) is 30.9. The number of rotatable bonds is 6. The predicted molar refractivity (Wildman–Crippen MR) is 126 cm³/mol. The molecule has 3 heterocycles. The van der Waals surface area contributed by atoms with E-state index in [0.717, 1.165) is 0 Å². The highest BCUT2D eigenvalue weighted by Gasteiger charge is 2.19. The van der Waals surface area contributed by atoms with Gasteiger partial charge in [0.2, 0.25) is 11.7 Å². The summed E-state index contributed by atoms with van der Waals surface area (Å²) in [6.45, 7) is 0.0680. The molecule has 0 N–H and O–H groups in total. The van der Waals surface area contributed by atoms with Crippen LogP contribution in [0.1, 0.15) is 11.5 Å². The molecule has 0 radical (unpaired) electrons. The molecule has 0 aliphatic rings. The first kappa shape index (κ1) is 21.2. The number of halogens is 1. The first-order chi connectivity index (χ1) is 16.1. The lowest BCUT2D eigenvalue weighted by Crippen LogP contribution is -2.40. The van der Waals surface area contributed by atoms with E-state index in [2.05, 4.69) is 10.1 Å². The highest BCUT2D eigenvalue weighted by molar-refractivity contribution is 7.17. The number of hydrogen-bond donors (Lipinski definition) is 0. The van der Waals surface area contributed by atoms with E-state index >= 15 is 0 Å². The van der Waals surface area contributed by atoms with Gasteiger partial charge in [0.25, 0.3) is 5.56 Å². The molecule has 3 aromatic heterocycles. The van der Waals surface area contributed by atoms with Crippen molar-refractivity contribution in [3.63, 3.8) is 0 Å². The van der Waals surface area contributed by atoms with Gasteiger partial charge in [0.05, 0.1) is 24.7 Å². The Balaban J connectivity index is 1.58. The second-order valence-electron chi connectivity index (χ2n) is 7.20. The molecular weight excluding hydrogens is 464 g/mol. The molecule has 0 atom stereocenters. The molecule has 5 aromatic rings. The fraction of sp³-hybridized carbons (Fsp3) is 0.130. The third kappa shape index (κ3) is 3.85. The van der Waals surface area contributed by atoms with Crippen LogP contribution in [0.4, 0.5) is 0 Å². The van der Waals surface area contributed by atoms with Crippen LogP contribution in [-0.2, 0) is 13.1 Å². The highest BCUT2D eigenvalue weighted by atomic mass is 35.5. The second kappa shape index (κ2) is 8.68. The van der Waals surface area contributed by atoms with Gasteiger partial charge < -0.3 is 9.26 Å². The van der Waals surface area contributed by atoms with Crippen LogP contribution in [0.2, 0.25) is 5.02 Å². The zero-order valence-electron chi connectivity index (χ0n) is 17.4. The van der Waals surface area contributed by atoms with E-state index in [4.69, 9.17) is 20.9 Å². The summed E-state index contributed by atoms with van der Waals surface area (Å²) in [6.07, 6.45) is 0. The monoisotopic (exact) mass is 480 g/mol. The number of fused-ring (bicyclic) bond motifs is 1. The molecule has 0 saturated heterocycles. The SMILES string of the molecule is COc1ccccc1-c1noc(Cn2c(=O)n(Cc3ccccc3Cl)c(=O)c3sccc32)n1. The molecule has 0 saturated carbocycles. The first-order valence-corrected chi connectivity index (χ1v) is 11.2. The van der Waals surface area contributed by atoms with E-state index in [0.29, 0.717) is 37.9 Å². The zero-order chi connectivity index (χ0) is 22.9. The Labute approximate surface area is 196 Å². The van der Waals surface area contributed by atoms with Crippen LogP contribution in [0.3, 0.4) is 0 Å². The summed E-state index contributed by atoms with van der Waals surface area (Å²) < 4.78 is 13.9. The third-order valence-corrected chi connectivity index (χ3v) is 6.49. The third-order valence-electron chi connectivity index (χ3n) is 5.23. The average Bonchev–Trinajstić information content (AvgIpc) is 3.50.